The second-order valence-corrected chi connectivity index (χ2v) is 7.73. The molecular weight excluding hydrogens is 334 g/mol. The van der Waals surface area contributed by atoms with Gasteiger partial charge in [0.1, 0.15) is 12.6 Å². The van der Waals surface area contributed by atoms with Gasteiger partial charge >= 0.3 is 5.97 Å². The van der Waals surface area contributed by atoms with E-state index < -0.39 is 12.0 Å². The first-order valence-corrected chi connectivity index (χ1v) is 9.85. The van der Waals surface area contributed by atoms with E-state index >= 15 is 0 Å². The maximum atomic E-state index is 13.0. The van der Waals surface area contributed by atoms with Crippen molar-refractivity contribution in [3.8, 4) is 0 Å². The molecule has 26 heavy (non-hydrogen) atoms. The van der Waals surface area contributed by atoms with E-state index in [-0.39, 0.29) is 36.4 Å². The Balaban J connectivity index is 2.11. The largest absolute Gasteiger partial charge is 0.467 e. The van der Waals surface area contributed by atoms with Crippen molar-refractivity contribution >= 4 is 17.8 Å². The zero-order chi connectivity index (χ0) is 19.1. The van der Waals surface area contributed by atoms with Gasteiger partial charge in [-0.05, 0) is 38.1 Å². The number of ether oxygens (including phenoxy) is 1. The van der Waals surface area contributed by atoms with Gasteiger partial charge in [0, 0.05) is 6.04 Å². The van der Waals surface area contributed by atoms with Crippen molar-refractivity contribution in [1.29, 1.82) is 0 Å². The molecule has 0 aromatic heterocycles. The average molecular weight is 367 g/mol. The first kappa shape index (κ1) is 20.7. The number of hydrogen-bond acceptors (Lipinski definition) is 5. The number of hydrogen-bond donors (Lipinski definition) is 2. The summed E-state index contributed by atoms with van der Waals surface area (Å²) in [4.78, 5) is 39.3. The van der Waals surface area contributed by atoms with Gasteiger partial charge in [0.15, 0.2) is 0 Å². The lowest BCUT2D eigenvalue weighted by Crippen LogP contribution is -2.57. The first-order chi connectivity index (χ1) is 12.4. The molecule has 1 saturated carbocycles. The van der Waals surface area contributed by atoms with Crippen LogP contribution in [0.5, 0.6) is 0 Å². The number of nitrogens with zero attached hydrogens (tertiary/aromatic N) is 1. The van der Waals surface area contributed by atoms with Gasteiger partial charge in [0.25, 0.3) is 0 Å². The third-order valence-electron chi connectivity index (χ3n) is 5.34. The number of carbonyl (C=O) groups excluding carboxylic acids is 3. The summed E-state index contributed by atoms with van der Waals surface area (Å²) in [6.45, 7) is 4.40. The van der Waals surface area contributed by atoms with Crippen LogP contribution in [0.25, 0.3) is 0 Å². The Morgan fingerprint density at radius 3 is 2.35 bits per heavy atom. The molecule has 2 N–H and O–H groups in total. The molecule has 0 unspecified atom stereocenters. The Hall–Kier alpha value is -1.63. The van der Waals surface area contributed by atoms with Crippen molar-refractivity contribution in [3.05, 3.63) is 0 Å². The molecule has 7 heteroatoms. The van der Waals surface area contributed by atoms with Crippen LogP contribution in [0, 0.1) is 5.92 Å². The van der Waals surface area contributed by atoms with E-state index in [2.05, 4.69) is 10.6 Å². The summed E-state index contributed by atoms with van der Waals surface area (Å²) >= 11 is 0. The van der Waals surface area contributed by atoms with Crippen LogP contribution in [-0.2, 0) is 19.1 Å². The molecule has 0 aromatic carbocycles. The molecule has 2 rings (SSSR count). The fourth-order valence-electron chi connectivity index (χ4n) is 3.96. The van der Waals surface area contributed by atoms with Crippen molar-refractivity contribution in [3.63, 3.8) is 0 Å². The lowest BCUT2D eigenvalue weighted by Gasteiger charge is -2.34. The van der Waals surface area contributed by atoms with Gasteiger partial charge in [-0.15, -0.1) is 0 Å². The second kappa shape index (κ2) is 9.90. The van der Waals surface area contributed by atoms with Crippen LogP contribution in [0.4, 0.5) is 0 Å². The monoisotopic (exact) mass is 367 g/mol. The number of methoxy groups -OCH3 is 1. The highest BCUT2D eigenvalue weighted by molar-refractivity contribution is 5.92. The highest BCUT2D eigenvalue weighted by atomic mass is 16.5. The summed E-state index contributed by atoms with van der Waals surface area (Å²) in [5, 5.41) is 6.21. The van der Waals surface area contributed by atoms with E-state index in [1.54, 1.807) is 0 Å². The lowest BCUT2D eigenvalue weighted by molar-refractivity contribution is -0.156. The maximum absolute atomic E-state index is 13.0. The summed E-state index contributed by atoms with van der Waals surface area (Å²) in [6.07, 6.45) is 7.06. The Bertz CT molecular complexity index is 497. The summed E-state index contributed by atoms with van der Waals surface area (Å²) < 4.78 is 4.91. The van der Waals surface area contributed by atoms with Crippen molar-refractivity contribution in [2.24, 2.45) is 5.92 Å². The van der Waals surface area contributed by atoms with Crippen LogP contribution < -0.4 is 10.6 Å². The molecule has 2 fully saturated rings. The SMILES string of the molecule is COC(=O)[C@H](C(C)C)N(CC(=O)NC1CCCCC1)C(=O)[C@@H]1CCCN1. The smallest absolute Gasteiger partial charge is 0.328 e. The van der Waals surface area contributed by atoms with Crippen molar-refractivity contribution in [1.82, 2.24) is 15.5 Å². The molecule has 0 bridgehead atoms. The first-order valence-electron chi connectivity index (χ1n) is 9.85. The van der Waals surface area contributed by atoms with Crippen molar-refractivity contribution in [2.45, 2.75) is 76.9 Å². The summed E-state index contributed by atoms with van der Waals surface area (Å²) in [5.74, 6) is -1.00. The number of carbonyl (C=O) groups is 3. The molecule has 1 saturated heterocycles. The second-order valence-electron chi connectivity index (χ2n) is 7.73. The third kappa shape index (κ3) is 5.43. The zero-order valence-electron chi connectivity index (χ0n) is 16.3. The Labute approximate surface area is 156 Å². The molecule has 7 nitrogen and oxygen atoms in total. The normalized spacial score (nSPS) is 22.1. The van der Waals surface area contributed by atoms with Crippen LogP contribution in [0.3, 0.4) is 0 Å². The van der Waals surface area contributed by atoms with Crippen molar-refractivity contribution < 1.29 is 19.1 Å². The Morgan fingerprint density at radius 1 is 1.12 bits per heavy atom. The number of rotatable bonds is 7. The van der Waals surface area contributed by atoms with E-state index in [1.807, 2.05) is 13.8 Å². The van der Waals surface area contributed by atoms with Crippen molar-refractivity contribution in [2.75, 3.05) is 20.2 Å². The average Bonchev–Trinajstić information content (AvgIpc) is 3.15. The van der Waals surface area contributed by atoms with Gasteiger partial charge in [-0.3, -0.25) is 9.59 Å². The van der Waals surface area contributed by atoms with E-state index in [0.29, 0.717) is 0 Å². The minimum Gasteiger partial charge on any atom is -0.467 e. The predicted octanol–water partition coefficient (Wildman–Crippen LogP) is 1.21. The minimum atomic E-state index is -0.757. The molecule has 1 heterocycles. The Kier molecular flexibility index (Phi) is 7.87. The molecule has 0 spiro atoms. The summed E-state index contributed by atoms with van der Waals surface area (Å²) in [7, 11) is 1.32. The molecular formula is C19H33N3O4. The number of amides is 2. The molecule has 2 aliphatic rings. The van der Waals surface area contributed by atoms with Gasteiger partial charge in [0.05, 0.1) is 13.2 Å². The van der Waals surface area contributed by atoms with E-state index in [9.17, 15) is 14.4 Å². The van der Waals surface area contributed by atoms with Gasteiger partial charge in [-0.25, -0.2) is 4.79 Å². The van der Waals surface area contributed by atoms with Gasteiger partial charge < -0.3 is 20.3 Å². The van der Waals surface area contributed by atoms with E-state index in [0.717, 1.165) is 45.1 Å². The maximum Gasteiger partial charge on any atom is 0.328 e. The molecule has 2 atom stereocenters. The molecule has 0 radical (unpaired) electrons. The lowest BCUT2D eigenvalue weighted by atomic mass is 9.95. The topological polar surface area (TPSA) is 87.7 Å². The third-order valence-corrected chi connectivity index (χ3v) is 5.34. The summed E-state index contributed by atoms with van der Waals surface area (Å²) in [5.41, 5.74) is 0. The number of nitrogens with one attached hydrogen (secondary N) is 2. The minimum absolute atomic E-state index is 0.106. The van der Waals surface area contributed by atoms with Crippen LogP contribution in [0.1, 0.15) is 58.8 Å². The van der Waals surface area contributed by atoms with Crippen LogP contribution in [-0.4, -0.2) is 61.0 Å². The fourth-order valence-corrected chi connectivity index (χ4v) is 3.96. The molecule has 0 aromatic rings. The van der Waals surface area contributed by atoms with E-state index in [1.165, 1.54) is 18.4 Å². The van der Waals surface area contributed by atoms with Crippen LogP contribution in [0.2, 0.25) is 0 Å². The zero-order valence-corrected chi connectivity index (χ0v) is 16.3. The standard InChI is InChI=1S/C19H33N3O4/c1-13(2)17(19(25)26-3)22(18(24)15-10-7-11-20-15)12-16(23)21-14-8-5-4-6-9-14/h13-15,17,20H,4-12H2,1-3H3,(H,21,23)/t15-,17-/m0/s1. The van der Waals surface area contributed by atoms with E-state index in [4.69, 9.17) is 4.74 Å². The Morgan fingerprint density at radius 2 is 1.81 bits per heavy atom. The van der Waals surface area contributed by atoms with Gasteiger partial charge in [-0.2, -0.15) is 0 Å². The molecule has 148 valence electrons. The van der Waals surface area contributed by atoms with Crippen LogP contribution >= 0.6 is 0 Å². The van der Waals surface area contributed by atoms with Crippen LogP contribution in [0.15, 0.2) is 0 Å². The predicted molar refractivity (Wildman–Crippen MR) is 98.4 cm³/mol. The summed E-state index contributed by atoms with van der Waals surface area (Å²) in [6, 6.07) is -0.913. The quantitative estimate of drug-likeness (QED) is 0.661. The number of esters is 1. The molecule has 1 aliphatic heterocycles. The molecule has 2 amide bonds. The fraction of sp³-hybridized carbons (Fsp3) is 0.842. The highest BCUT2D eigenvalue weighted by Gasteiger charge is 2.38. The highest BCUT2D eigenvalue weighted by Crippen LogP contribution is 2.19. The van der Waals surface area contributed by atoms with Gasteiger partial charge in [-0.1, -0.05) is 33.1 Å². The van der Waals surface area contributed by atoms with Gasteiger partial charge in [0.2, 0.25) is 11.8 Å². The molecule has 1 aliphatic carbocycles.